The summed E-state index contributed by atoms with van der Waals surface area (Å²) in [5.74, 6) is -0.0288. The first-order valence-electron chi connectivity index (χ1n) is 4.48. The minimum Gasteiger partial charge on any atom is -0.457 e. The number of nitrogens with one attached hydrogen (secondary N) is 1. The summed E-state index contributed by atoms with van der Waals surface area (Å²) in [7, 11) is -2.08. The monoisotopic (exact) mass is 321 g/mol. The molecule has 2 aromatic rings. The van der Waals surface area contributed by atoms with Crippen LogP contribution in [0.25, 0.3) is 11.5 Å². The smallest absolute Gasteiger partial charge is 0.261 e. The van der Waals surface area contributed by atoms with Gasteiger partial charge in [-0.05, 0) is 23.0 Å². The van der Waals surface area contributed by atoms with Gasteiger partial charge < -0.3 is 8.94 Å². The lowest BCUT2D eigenvalue weighted by atomic mass is 10.3. The highest BCUT2D eigenvalue weighted by molar-refractivity contribution is 9.10. The Balaban J connectivity index is 2.22. The van der Waals surface area contributed by atoms with E-state index in [0.717, 1.165) is 0 Å². The van der Waals surface area contributed by atoms with Crippen LogP contribution in [0.3, 0.4) is 0 Å². The third-order valence-corrected chi connectivity index (χ3v) is 3.59. The maximum atomic E-state index is 11.3. The van der Waals surface area contributed by atoms with Crippen LogP contribution >= 0.6 is 15.9 Å². The molecule has 0 aromatic carbocycles. The van der Waals surface area contributed by atoms with Gasteiger partial charge in [-0.3, -0.25) is 0 Å². The molecular formula is C8H8BrN3O4S. The molecule has 0 aliphatic carbocycles. The average molecular weight is 322 g/mol. The Labute approximate surface area is 105 Å². The van der Waals surface area contributed by atoms with Crippen LogP contribution in [0.1, 0.15) is 5.82 Å². The molecule has 2 aromatic heterocycles. The molecule has 0 amide bonds. The number of hydrogen-bond donors (Lipinski definition) is 1. The Bertz CT molecular complexity index is 618. The zero-order valence-electron chi connectivity index (χ0n) is 8.68. The van der Waals surface area contributed by atoms with Gasteiger partial charge in [-0.2, -0.15) is 4.98 Å². The molecule has 7 nitrogen and oxygen atoms in total. The third-order valence-electron chi connectivity index (χ3n) is 1.91. The molecule has 0 unspecified atom stereocenters. The van der Waals surface area contributed by atoms with E-state index in [1.807, 2.05) is 0 Å². The van der Waals surface area contributed by atoms with Crippen molar-refractivity contribution in [3.8, 4) is 11.5 Å². The van der Waals surface area contributed by atoms with Gasteiger partial charge >= 0.3 is 0 Å². The molecule has 9 heteroatoms. The summed E-state index contributed by atoms with van der Waals surface area (Å²) in [5.41, 5.74) is 0.581. The highest BCUT2D eigenvalue weighted by Gasteiger charge is 2.16. The second kappa shape index (κ2) is 4.59. The van der Waals surface area contributed by atoms with E-state index < -0.39 is 10.0 Å². The van der Waals surface area contributed by atoms with Crippen molar-refractivity contribution in [2.75, 3.05) is 7.05 Å². The summed E-state index contributed by atoms with van der Waals surface area (Å²) >= 11 is 3.13. The quantitative estimate of drug-likeness (QED) is 0.906. The molecule has 0 spiro atoms. The number of hydrogen-bond acceptors (Lipinski definition) is 6. The summed E-state index contributed by atoms with van der Waals surface area (Å²) < 4.78 is 35.1. The second-order valence-corrected chi connectivity index (χ2v) is 5.83. The lowest BCUT2D eigenvalue weighted by Crippen LogP contribution is -2.20. The molecule has 0 bridgehead atoms. The number of nitrogens with zero attached hydrogens (tertiary/aromatic N) is 2. The number of furan rings is 1. The van der Waals surface area contributed by atoms with Crippen LogP contribution in [0.4, 0.5) is 0 Å². The Morgan fingerprint density at radius 1 is 1.53 bits per heavy atom. The van der Waals surface area contributed by atoms with E-state index in [-0.39, 0.29) is 17.5 Å². The fraction of sp³-hybridized carbons (Fsp3) is 0.250. The number of rotatable bonds is 4. The zero-order chi connectivity index (χ0) is 12.5. The summed E-state index contributed by atoms with van der Waals surface area (Å²) in [6.45, 7) is 0. The van der Waals surface area contributed by atoms with E-state index in [2.05, 4.69) is 30.8 Å². The van der Waals surface area contributed by atoms with Crippen LogP contribution in [-0.4, -0.2) is 25.6 Å². The lowest BCUT2D eigenvalue weighted by molar-refractivity contribution is 0.423. The number of halogens is 1. The van der Waals surface area contributed by atoms with Crippen molar-refractivity contribution in [2.24, 2.45) is 0 Å². The van der Waals surface area contributed by atoms with Crippen LogP contribution in [-0.2, 0) is 15.8 Å². The summed E-state index contributed by atoms with van der Waals surface area (Å²) in [4.78, 5) is 3.95. The van der Waals surface area contributed by atoms with Crippen molar-refractivity contribution in [1.29, 1.82) is 0 Å². The molecule has 0 aliphatic rings. The molecule has 0 atom stereocenters. The standard InChI is InChI=1S/C8H8BrN3O4S/c1-10-17(13,14)4-7-11-8(16-12-7)5-2-6(9)15-3-5/h2-3,10H,4H2,1H3. The first-order valence-corrected chi connectivity index (χ1v) is 6.93. The minimum atomic E-state index is -3.40. The maximum Gasteiger partial charge on any atom is 0.261 e. The van der Waals surface area contributed by atoms with E-state index in [1.54, 1.807) is 6.07 Å². The third kappa shape index (κ3) is 2.93. The van der Waals surface area contributed by atoms with Crippen molar-refractivity contribution >= 4 is 26.0 Å². The first kappa shape index (κ1) is 12.3. The molecule has 92 valence electrons. The van der Waals surface area contributed by atoms with Gasteiger partial charge in [0, 0.05) is 6.07 Å². The molecule has 0 aliphatic heterocycles. The van der Waals surface area contributed by atoms with E-state index in [0.29, 0.717) is 10.2 Å². The molecule has 2 heterocycles. The number of sulfonamides is 1. The fourth-order valence-electron chi connectivity index (χ4n) is 1.09. The van der Waals surface area contributed by atoms with E-state index in [1.165, 1.54) is 13.3 Å². The fourth-order valence-corrected chi connectivity index (χ4v) is 2.04. The van der Waals surface area contributed by atoms with Crippen LogP contribution in [0.2, 0.25) is 0 Å². The highest BCUT2D eigenvalue weighted by atomic mass is 79.9. The average Bonchev–Trinajstić information content (AvgIpc) is 2.86. The van der Waals surface area contributed by atoms with Gasteiger partial charge in [0.15, 0.2) is 10.5 Å². The highest BCUT2D eigenvalue weighted by Crippen LogP contribution is 2.23. The molecule has 0 radical (unpaired) electrons. The van der Waals surface area contributed by atoms with Crippen molar-refractivity contribution in [1.82, 2.24) is 14.9 Å². The molecule has 17 heavy (non-hydrogen) atoms. The van der Waals surface area contributed by atoms with E-state index >= 15 is 0 Å². The topological polar surface area (TPSA) is 98.2 Å². The Morgan fingerprint density at radius 2 is 2.29 bits per heavy atom. The van der Waals surface area contributed by atoms with Gasteiger partial charge in [0.25, 0.3) is 5.89 Å². The van der Waals surface area contributed by atoms with Crippen LogP contribution in [0, 0.1) is 0 Å². The molecule has 0 fully saturated rings. The molecule has 2 rings (SSSR count). The zero-order valence-corrected chi connectivity index (χ0v) is 11.1. The van der Waals surface area contributed by atoms with Gasteiger partial charge in [-0.15, -0.1) is 0 Å². The van der Waals surface area contributed by atoms with E-state index in [9.17, 15) is 8.42 Å². The van der Waals surface area contributed by atoms with E-state index in [4.69, 9.17) is 8.94 Å². The van der Waals surface area contributed by atoms with Gasteiger partial charge in [0.2, 0.25) is 10.0 Å². The Kier molecular flexibility index (Phi) is 3.31. The van der Waals surface area contributed by atoms with Crippen molar-refractivity contribution < 1.29 is 17.4 Å². The SMILES string of the molecule is CNS(=O)(=O)Cc1noc(-c2coc(Br)c2)n1. The second-order valence-electron chi connectivity index (χ2n) is 3.12. The van der Waals surface area contributed by atoms with Crippen molar-refractivity contribution in [3.05, 3.63) is 22.8 Å². The summed E-state index contributed by atoms with van der Waals surface area (Å²) in [5, 5.41) is 3.57. The molecular weight excluding hydrogens is 314 g/mol. The largest absolute Gasteiger partial charge is 0.457 e. The van der Waals surface area contributed by atoms with Crippen LogP contribution in [0.15, 0.2) is 25.9 Å². The Hall–Kier alpha value is -1.19. The maximum absolute atomic E-state index is 11.3. The minimum absolute atomic E-state index is 0.0895. The summed E-state index contributed by atoms with van der Waals surface area (Å²) in [6, 6.07) is 1.64. The molecule has 1 N–H and O–H groups in total. The van der Waals surface area contributed by atoms with Crippen LogP contribution < -0.4 is 4.72 Å². The lowest BCUT2D eigenvalue weighted by Gasteiger charge is -1.95. The van der Waals surface area contributed by atoms with Gasteiger partial charge in [-0.25, -0.2) is 13.1 Å². The van der Waals surface area contributed by atoms with Gasteiger partial charge in [0.05, 0.1) is 5.56 Å². The molecule has 0 saturated carbocycles. The predicted molar refractivity (Wildman–Crippen MR) is 61.4 cm³/mol. The molecule has 0 saturated heterocycles. The summed E-state index contributed by atoms with van der Waals surface area (Å²) in [6.07, 6.45) is 1.42. The van der Waals surface area contributed by atoms with Gasteiger partial charge in [0.1, 0.15) is 12.0 Å². The first-order chi connectivity index (χ1) is 8.00. The number of aromatic nitrogens is 2. The predicted octanol–water partition coefficient (Wildman–Crippen LogP) is 1.14. The normalized spacial score (nSPS) is 11.9. The Morgan fingerprint density at radius 3 is 2.88 bits per heavy atom. The van der Waals surface area contributed by atoms with Crippen molar-refractivity contribution in [2.45, 2.75) is 5.75 Å². The van der Waals surface area contributed by atoms with Gasteiger partial charge in [-0.1, -0.05) is 5.16 Å². The van der Waals surface area contributed by atoms with Crippen molar-refractivity contribution in [3.63, 3.8) is 0 Å². The van der Waals surface area contributed by atoms with Crippen LogP contribution in [0.5, 0.6) is 0 Å².